The Morgan fingerprint density at radius 2 is 2.13 bits per heavy atom. The van der Waals surface area contributed by atoms with Gasteiger partial charge in [0.15, 0.2) is 0 Å². The van der Waals surface area contributed by atoms with Gasteiger partial charge in [0.1, 0.15) is 0 Å². The van der Waals surface area contributed by atoms with Crippen molar-refractivity contribution in [2.75, 3.05) is 11.1 Å². The minimum Gasteiger partial charge on any atom is -0.349 e. The Morgan fingerprint density at radius 3 is 2.93 bits per heavy atom. The van der Waals surface area contributed by atoms with Crippen LogP contribution in [0.4, 0.5) is 5.69 Å². The van der Waals surface area contributed by atoms with E-state index < -0.39 is 0 Å². The van der Waals surface area contributed by atoms with Crippen LogP contribution in [0.1, 0.15) is 24.0 Å². The van der Waals surface area contributed by atoms with Gasteiger partial charge in [0, 0.05) is 4.90 Å². The minimum absolute atomic E-state index is 0.974. The molecule has 0 unspecified atom stereocenters. The van der Waals surface area contributed by atoms with E-state index in [1.807, 2.05) is 11.8 Å². The van der Waals surface area contributed by atoms with Gasteiger partial charge >= 0.3 is 0 Å². The normalized spacial score (nSPS) is 16.3. The molecule has 0 amide bonds. The first-order valence-corrected chi connectivity index (χ1v) is 6.60. The van der Waals surface area contributed by atoms with Crippen LogP contribution in [-0.4, -0.2) is 10.7 Å². The number of nitrogens with one attached hydrogen (secondary N) is 1. The molecule has 1 N–H and O–H groups in total. The van der Waals surface area contributed by atoms with E-state index in [0.717, 1.165) is 11.4 Å². The number of fused-ring (bicyclic) bond motifs is 1. The average Bonchev–Trinajstić information content (AvgIpc) is 2.11. The zero-order chi connectivity index (χ0) is 10.8. The number of hydrogen-bond donors (Lipinski definition) is 1. The van der Waals surface area contributed by atoms with Gasteiger partial charge in [-0.1, -0.05) is 18.3 Å². The van der Waals surface area contributed by atoms with Crippen molar-refractivity contribution in [3.8, 4) is 0 Å². The lowest BCUT2D eigenvalue weighted by molar-refractivity contribution is 1.01. The van der Waals surface area contributed by atoms with E-state index in [1.54, 1.807) is 0 Å². The molecule has 0 saturated carbocycles. The summed E-state index contributed by atoms with van der Waals surface area (Å²) < 4.78 is 0. The highest BCUT2D eigenvalue weighted by atomic mass is 32.2. The molecule has 3 heteroatoms. The molecule has 80 valence electrons. The first kappa shape index (κ1) is 11.0. The highest BCUT2D eigenvalue weighted by Gasteiger charge is 2.12. The van der Waals surface area contributed by atoms with Crippen LogP contribution in [0.2, 0.25) is 0 Å². The van der Waals surface area contributed by atoms with Crippen molar-refractivity contribution in [1.82, 2.24) is 0 Å². The topological polar surface area (TPSA) is 12.0 Å². The fraction of sp³-hybridized carbons (Fsp3) is 0.417. The lowest BCUT2D eigenvalue weighted by Gasteiger charge is -2.18. The van der Waals surface area contributed by atoms with Crippen molar-refractivity contribution >= 4 is 34.7 Å². The van der Waals surface area contributed by atoms with E-state index in [-0.39, 0.29) is 0 Å². The average molecular weight is 237 g/mol. The second kappa shape index (κ2) is 4.54. The Kier molecular flexibility index (Phi) is 3.32. The van der Waals surface area contributed by atoms with Crippen LogP contribution in [0, 0.1) is 13.8 Å². The van der Waals surface area contributed by atoms with E-state index in [1.165, 1.54) is 33.9 Å². The third kappa shape index (κ3) is 2.52. The molecule has 0 bridgehead atoms. The van der Waals surface area contributed by atoms with Gasteiger partial charge in [0.25, 0.3) is 0 Å². The molecule has 0 fully saturated rings. The molecular formula is C12H15NS2. The Bertz CT molecular complexity index is 399. The molecule has 0 saturated heterocycles. The molecule has 0 aliphatic carbocycles. The van der Waals surface area contributed by atoms with Gasteiger partial charge in [0.2, 0.25) is 0 Å². The predicted molar refractivity (Wildman–Crippen MR) is 72.1 cm³/mol. The van der Waals surface area contributed by atoms with Crippen molar-refractivity contribution in [3.63, 3.8) is 0 Å². The second-order valence-corrected chi connectivity index (χ2v) is 5.56. The summed E-state index contributed by atoms with van der Waals surface area (Å²) in [7, 11) is 0. The molecule has 0 radical (unpaired) electrons. The Labute approximate surface area is 101 Å². The maximum Gasteiger partial charge on any atom is 0.0797 e. The van der Waals surface area contributed by atoms with Crippen molar-refractivity contribution in [2.45, 2.75) is 31.6 Å². The maximum atomic E-state index is 5.29. The van der Waals surface area contributed by atoms with Crippen LogP contribution in [0.25, 0.3) is 0 Å². The van der Waals surface area contributed by atoms with Gasteiger partial charge in [-0.25, -0.2) is 0 Å². The van der Waals surface area contributed by atoms with Gasteiger partial charge < -0.3 is 5.32 Å². The van der Waals surface area contributed by atoms with Crippen LogP contribution in [-0.2, 0) is 0 Å². The number of thiocarbonyl (C=S) groups is 1. The van der Waals surface area contributed by atoms with Crippen LogP contribution in [0.5, 0.6) is 0 Å². The Morgan fingerprint density at radius 1 is 1.33 bits per heavy atom. The number of anilines is 1. The molecule has 2 rings (SSSR count). The Hall–Kier alpha value is -0.540. The SMILES string of the molecule is Cc1cc(C)c2c(c1)NC(=S)CCCS2. The van der Waals surface area contributed by atoms with Crippen molar-refractivity contribution < 1.29 is 0 Å². The number of benzene rings is 1. The van der Waals surface area contributed by atoms with Gasteiger partial charge in [-0.2, -0.15) is 0 Å². The molecule has 1 aromatic carbocycles. The van der Waals surface area contributed by atoms with E-state index in [4.69, 9.17) is 12.2 Å². The molecule has 0 aromatic heterocycles. The quantitative estimate of drug-likeness (QED) is 0.687. The molecule has 1 aliphatic rings. The van der Waals surface area contributed by atoms with E-state index in [2.05, 4.69) is 31.3 Å². The third-order valence-electron chi connectivity index (χ3n) is 2.49. The van der Waals surface area contributed by atoms with E-state index >= 15 is 0 Å². The molecule has 1 aliphatic heterocycles. The fourth-order valence-corrected chi connectivity index (χ4v) is 3.16. The molecule has 1 heterocycles. The third-order valence-corrected chi connectivity index (χ3v) is 4.12. The largest absolute Gasteiger partial charge is 0.349 e. The smallest absolute Gasteiger partial charge is 0.0797 e. The number of rotatable bonds is 0. The van der Waals surface area contributed by atoms with Crippen LogP contribution >= 0.6 is 24.0 Å². The number of hydrogen-bond acceptors (Lipinski definition) is 2. The van der Waals surface area contributed by atoms with Crippen LogP contribution in [0.3, 0.4) is 0 Å². The van der Waals surface area contributed by atoms with Gasteiger partial charge in [-0.15, -0.1) is 11.8 Å². The van der Waals surface area contributed by atoms with Crippen LogP contribution < -0.4 is 5.32 Å². The van der Waals surface area contributed by atoms with Gasteiger partial charge in [-0.3, -0.25) is 0 Å². The number of thioether (sulfide) groups is 1. The first-order chi connectivity index (χ1) is 7.16. The highest BCUT2D eigenvalue weighted by molar-refractivity contribution is 7.99. The maximum absolute atomic E-state index is 5.29. The van der Waals surface area contributed by atoms with Crippen molar-refractivity contribution in [3.05, 3.63) is 23.3 Å². The summed E-state index contributed by atoms with van der Waals surface area (Å²) in [5.74, 6) is 1.17. The monoisotopic (exact) mass is 237 g/mol. The molecule has 1 nitrogen and oxygen atoms in total. The van der Waals surface area contributed by atoms with Crippen molar-refractivity contribution in [2.24, 2.45) is 0 Å². The van der Waals surface area contributed by atoms with Crippen molar-refractivity contribution in [1.29, 1.82) is 0 Å². The Balaban J connectivity index is 2.44. The summed E-state index contributed by atoms with van der Waals surface area (Å²) in [6, 6.07) is 4.42. The summed E-state index contributed by atoms with van der Waals surface area (Å²) in [6.07, 6.45) is 2.18. The highest BCUT2D eigenvalue weighted by Crippen LogP contribution is 2.34. The first-order valence-electron chi connectivity index (χ1n) is 5.21. The lowest BCUT2D eigenvalue weighted by Crippen LogP contribution is -2.12. The zero-order valence-corrected chi connectivity index (χ0v) is 10.7. The minimum atomic E-state index is 0.974. The predicted octanol–water partition coefficient (Wildman–Crippen LogP) is 3.93. The molecule has 1 aromatic rings. The van der Waals surface area contributed by atoms with E-state index in [9.17, 15) is 0 Å². The lowest BCUT2D eigenvalue weighted by atomic mass is 10.1. The van der Waals surface area contributed by atoms with Gasteiger partial charge in [-0.05, 0) is 49.6 Å². The molecule has 0 atom stereocenters. The number of aryl methyl sites for hydroxylation is 2. The zero-order valence-electron chi connectivity index (χ0n) is 9.09. The van der Waals surface area contributed by atoms with Gasteiger partial charge in [0.05, 0.1) is 10.7 Å². The molecule has 15 heavy (non-hydrogen) atoms. The summed E-state index contributed by atoms with van der Waals surface area (Å²) in [6.45, 7) is 4.30. The molecular weight excluding hydrogens is 222 g/mol. The summed E-state index contributed by atoms with van der Waals surface area (Å²) in [4.78, 5) is 2.34. The summed E-state index contributed by atoms with van der Waals surface area (Å²) in [5, 5.41) is 3.35. The standard InChI is InChI=1S/C12H15NS2/c1-8-6-9(2)12-10(7-8)13-11(14)4-3-5-15-12/h6-7H,3-5H2,1-2H3,(H,13,14). The second-order valence-electron chi connectivity index (χ2n) is 3.96. The summed E-state index contributed by atoms with van der Waals surface area (Å²) >= 11 is 7.23. The summed E-state index contributed by atoms with van der Waals surface area (Å²) in [5.41, 5.74) is 3.84. The fourth-order valence-electron chi connectivity index (χ4n) is 1.86. The molecule has 0 spiro atoms. The van der Waals surface area contributed by atoms with Crippen LogP contribution in [0.15, 0.2) is 17.0 Å². The van der Waals surface area contributed by atoms with E-state index in [0.29, 0.717) is 0 Å².